The van der Waals surface area contributed by atoms with Crippen molar-refractivity contribution in [2.24, 2.45) is 0 Å². The average molecular weight is 393 g/mol. The van der Waals surface area contributed by atoms with Gasteiger partial charge in [0.2, 0.25) is 0 Å². The zero-order valence-corrected chi connectivity index (χ0v) is 18.4. The number of benzene rings is 4. The molecule has 0 amide bonds. The zero-order valence-electron chi connectivity index (χ0n) is 18.4. The molecule has 0 bridgehead atoms. The van der Waals surface area contributed by atoms with Gasteiger partial charge in [0.1, 0.15) is 0 Å². The molecule has 0 unspecified atom stereocenters. The molecule has 0 radical (unpaired) electrons. The minimum Gasteiger partial charge on any atom is -0.0683 e. The van der Waals surface area contributed by atoms with Crippen molar-refractivity contribution in [2.75, 3.05) is 0 Å². The second-order valence-electron chi connectivity index (χ2n) is 7.63. The molecule has 0 N–H and O–H groups in total. The van der Waals surface area contributed by atoms with Gasteiger partial charge < -0.3 is 0 Å². The fourth-order valence-electron chi connectivity index (χ4n) is 3.56. The molecule has 4 aromatic rings. The Bertz CT molecular complexity index is 992. The first-order valence-electron chi connectivity index (χ1n) is 11.0. The van der Waals surface area contributed by atoms with E-state index in [2.05, 4.69) is 110 Å². The lowest BCUT2D eigenvalue weighted by molar-refractivity contribution is 1.13. The molecule has 0 aliphatic carbocycles. The summed E-state index contributed by atoms with van der Waals surface area (Å²) in [5.74, 6) is 0. The van der Waals surface area contributed by atoms with Gasteiger partial charge in [-0.2, -0.15) is 0 Å². The van der Waals surface area contributed by atoms with Crippen molar-refractivity contribution >= 4 is 0 Å². The van der Waals surface area contributed by atoms with E-state index in [1.807, 2.05) is 13.8 Å². The van der Waals surface area contributed by atoms with Crippen molar-refractivity contribution in [3.63, 3.8) is 0 Å². The van der Waals surface area contributed by atoms with E-state index in [1.165, 1.54) is 38.9 Å². The molecule has 0 saturated carbocycles. The van der Waals surface area contributed by atoms with Crippen molar-refractivity contribution in [3.05, 3.63) is 142 Å². The fraction of sp³-hybridized carbons (Fsp3) is 0.200. The predicted molar refractivity (Wildman–Crippen MR) is 130 cm³/mol. The third kappa shape index (κ3) is 6.46. The Hall–Kier alpha value is -3.12. The molecule has 0 atom stereocenters. The van der Waals surface area contributed by atoms with E-state index in [0.717, 1.165) is 19.3 Å². The molecule has 152 valence electrons. The Morgan fingerprint density at radius 1 is 0.367 bits per heavy atom. The summed E-state index contributed by atoms with van der Waals surface area (Å²) in [4.78, 5) is 0. The highest BCUT2D eigenvalue weighted by Gasteiger charge is 2.01. The third-order valence-corrected chi connectivity index (χ3v) is 5.23. The normalized spacial score (nSPS) is 10.2. The van der Waals surface area contributed by atoms with E-state index in [-0.39, 0.29) is 0 Å². The Morgan fingerprint density at radius 3 is 0.967 bits per heavy atom. The third-order valence-electron chi connectivity index (χ3n) is 5.23. The molecular formula is C30H32. The van der Waals surface area contributed by atoms with Crippen LogP contribution in [0.25, 0.3) is 0 Å². The molecule has 0 nitrogen and oxygen atoms in total. The highest BCUT2D eigenvalue weighted by atomic mass is 14.1. The highest BCUT2D eigenvalue weighted by molar-refractivity contribution is 5.34. The van der Waals surface area contributed by atoms with Gasteiger partial charge in [0.25, 0.3) is 0 Å². The second kappa shape index (κ2) is 11.2. The number of hydrogen-bond acceptors (Lipinski definition) is 0. The first-order chi connectivity index (χ1) is 14.7. The zero-order chi connectivity index (χ0) is 21.2. The Labute approximate surface area is 182 Å². The van der Waals surface area contributed by atoms with Crippen LogP contribution < -0.4 is 0 Å². The maximum Gasteiger partial charge on any atom is -0.00258 e. The lowest BCUT2D eigenvalue weighted by Gasteiger charge is -2.07. The number of rotatable bonds is 6. The predicted octanol–water partition coefficient (Wildman–Crippen LogP) is 7.79. The largest absolute Gasteiger partial charge is 0.0683 e. The van der Waals surface area contributed by atoms with Gasteiger partial charge in [-0.1, -0.05) is 123 Å². The van der Waals surface area contributed by atoms with E-state index >= 15 is 0 Å². The minimum absolute atomic E-state index is 0.983. The SMILES string of the molecule is CC.Cc1ccc(Cc2ccc(Cc3ccc(Cc4ccccc4)cc3)cc2)cc1. The van der Waals surface area contributed by atoms with Crippen molar-refractivity contribution in [1.29, 1.82) is 0 Å². The topological polar surface area (TPSA) is 0 Å². The molecule has 30 heavy (non-hydrogen) atoms. The van der Waals surface area contributed by atoms with E-state index in [4.69, 9.17) is 0 Å². The van der Waals surface area contributed by atoms with Crippen LogP contribution in [0.2, 0.25) is 0 Å². The van der Waals surface area contributed by atoms with Crippen molar-refractivity contribution in [2.45, 2.75) is 40.0 Å². The van der Waals surface area contributed by atoms with Gasteiger partial charge in [-0.15, -0.1) is 0 Å². The van der Waals surface area contributed by atoms with E-state index in [9.17, 15) is 0 Å². The smallest absolute Gasteiger partial charge is 0.00258 e. The van der Waals surface area contributed by atoms with Gasteiger partial charge in [-0.25, -0.2) is 0 Å². The van der Waals surface area contributed by atoms with Crippen molar-refractivity contribution < 1.29 is 0 Å². The fourth-order valence-corrected chi connectivity index (χ4v) is 3.56. The molecule has 0 aliphatic heterocycles. The summed E-state index contributed by atoms with van der Waals surface area (Å²) < 4.78 is 0. The maximum absolute atomic E-state index is 2.27. The van der Waals surface area contributed by atoms with Crippen LogP contribution in [-0.2, 0) is 19.3 Å². The first-order valence-corrected chi connectivity index (χ1v) is 11.0. The second-order valence-corrected chi connectivity index (χ2v) is 7.63. The van der Waals surface area contributed by atoms with Gasteiger partial charge in [-0.3, -0.25) is 0 Å². The maximum atomic E-state index is 2.27. The quantitative estimate of drug-likeness (QED) is 0.314. The molecule has 0 heterocycles. The lowest BCUT2D eigenvalue weighted by Crippen LogP contribution is -1.93. The summed E-state index contributed by atoms with van der Waals surface area (Å²) >= 11 is 0. The number of hydrogen-bond donors (Lipinski definition) is 0. The van der Waals surface area contributed by atoms with E-state index in [0.29, 0.717) is 0 Å². The molecule has 0 aliphatic rings. The van der Waals surface area contributed by atoms with Crippen LogP contribution in [0.3, 0.4) is 0 Å². The monoisotopic (exact) mass is 392 g/mol. The van der Waals surface area contributed by atoms with Crippen LogP contribution in [0, 0.1) is 6.92 Å². The molecule has 4 rings (SSSR count). The molecule has 0 aromatic heterocycles. The van der Waals surface area contributed by atoms with Crippen LogP contribution in [0.15, 0.2) is 103 Å². The molecule has 4 aromatic carbocycles. The standard InChI is InChI=1S/C28H26.C2H6/c1-22-7-9-24(10-8-22)20-26-15-17-28(18-16-26)21-27-13-11-25(12-14-27)19-23-5-3-2-4-6-23;1-2/h2-18H,19-21H2,1H3;1-2H3. The van der Waals surface area contributed by atoms with Crippen LogP contribution in [0.4, 0.5) is 0 Å². The summed E-state index contributed by atoms with van der Waals surface area (Å²) in [7, 11) is 0. The molecule has 0 heteroatoms. The summed E-state index contributed by atoms with van der Waals surface area (Å²) in [5.41, 5.74) is 9.50. The summed E-state index contributed by atoms with van der Waals surface area (Å²) in [6.45, 7) is 6.13. The van der Waals surface area contributed by atoms with Crippen LogP contribution in [-0.4, -0.2) is 0 Å². The van der Waals surface area contributed by atoms with Crippen LogP contribution in [0.1, 0.15) is 52.8 Å². The lowest BCUT2D eigenvalue weighted by atomic mass is 9.98. The molecular weight excluding hydrogens is 360 g/mol. The van der Waals surface area contributed by atoms with Gasteiger partial charge in [0.15, 0.2) is 0 Å². The van der Waals surface area contributed by atoms with Crippen LogP contribution in [0.5, 0.6) is 0 Å². The van der Waals surface area contributed by atoms with Crippen molar-refractivity contribution in [1.82, 2.24) is 0 Å². The van der Waals surface area contributed by atoms with Gasteiger partial charge in [-0.05, 0) is 59.6 Å². The van der Waals surface area contributed by atoms with Crippen molar-refractivity contribution in [3.8, 4) is 0 Å². The summed E-state index contributed by atoms with van der Waals surface area (Å²) in [6, 6.07) is 37.6. The highest BCUT2D eigenvalue weighted by Crippen LogP contribution is 2.16. The van der Waals surface area contributed by atoms with Crippen LogP contribution >= 0.6 is 0 Å². The van der Waals surface area contributed by atoms with E-state index in [1.54, 1.807) is 0 Å². The Kier molecular flexibility index (Phi) is 8.03. The Morgan fingerprint density at radius 2 is 0.633 bits per heavy atom. The van der Waals surface area contributed by atoms with Gasteiger partial charge in [0, 0.05) is 0 Å². The summed E-state index contributed by atoms with van der Waals surface area (Å²) in [5, 5.41) is 0. The van der Waals surface area contributed by atoms with Gasteiger partial charge in [0.05, 0.1) is 0 Å². The molecule has 0 saturated heterocycles. The van der Waals surface area contributed by atoms with Gasteiger partial charge >= 0.3 is 0 Å². The summed E-state index contributed by atoms with van der Waals surface area (Å²) in [6.07, 6.45) is 2.97. The first kappa shape index (κ1) is 21.6. The molecule has 0 spiro atoms. The minimum atomic E-state index is 0.983. The number of aryl methyl sites for hydroxylation is 1. The Balaban J connectivity index is 0.00000124. The molecule has 0 fully saturated rings. The average Bonchev–Trinajstić information content (AvgIpc) is 2.80. The van der Waals surface area contributed by atoms with E-state index < -0.39 is 0 Å².